The highest BCUT2D eigenvalue weighted by atomic mass is 35.5. The van der Waals surface area contributed by atoms with Gasteiger partial charge in [0.25, 0.3) is 0 Å². The Kier molecular flexibility index (Phi) is 5.69. The van der Waals surface area contributed by atoms with Crippen molar-refractivity contribution in [3.63, 3.8) is 0 Å². The van der Waals surface area contributed by atoms with Gasteiger partial charge in [-0.2, -0.15) is 0 Å². The average Bonchev–Trinajstić information content (AvgIpc) is 2.95. The topological polar surface area (TPSA) is 92.3 Å². The summed E-state index contributed by atoms with van der Waals surface area (Å²) in [5.41, 5.74) is 2.11. The van der Waals surface area contributed by atoms with Crippen LogP contribution in [0.4, 0.5) is 0 Å². The van der Waals surface area contributed by atoms with Crippen LogP contribution < -0.4 is 9.44 Å². The molecule has 0 radical (unpaired) electrons. The van der Waals surface area contributed by atoms with Crippen LogP contribution in [-0.2, 0) is 32.9 Å². The van der Waals surface area contributed by atoms with Gasteiger partial charge >= 0.3 is 0 Å². The molecular weight excluding hydrogens is 396 g/mol. The molecule has 2 N–H and O–H groups in total. The molecular formula is C17H19ClN2O4S2. The zero-order valence-corrected chi connectivity index (χ0v) is 16.2. The van der Waals surface area contributed by atoms with E-state index in [1.807, 2.05) is 12.1 Å². The number of halogens is 1. The lowest BCUT2D eigenvalue weighted by molar-refractivity contribution is 0.553. The Morgan fingerprint density at radius 3 is 2.38 bits per heavy atom. The van der Waals surface area contributed by atoms with Gasteiger partial charge < -0.3 is 0 Å². The predicted molar refractivity (Wildman–Crippen MR) is 101 cm³/mol. The van der Waals surface area contributed by atoms with Crippen molar-refractivity contribution in [3.05, 3.63) is 64.7 Å². The van der Waals surface area contributed by atoms with Gasteiger partial charge in [0.05, 0.1) is 10.6 Å². The Morgan fingerprint density at radius 1 is 0.962 bits per heavy atom. The second-order valence-electron chi connectivity index (χ2n) is 6.17. The lowest BCUT2D eigenvalue weighted by Crippen LogP contribution is -2.40. The van der Waals surface area contributed by atoms with Gasteiger partial charge in [-0.05, 0) is 48.2 Å². The number of nitrogens with one attached hydrogen (secondary N) is 2. The Hall–Kier alpha value is -1.45. The summed E-state index contributed by atoms with van der Waals surface area (Å²) in [4.78, 5) is 0.105. The highest BCUT2D eigenvalue weighted by Crippen LogP contribution is 2.25. The van der Waals surface area contributed by atoms with E-state index in [4.69, 9.17) is 11.6 Å². The maximum atomic E-state index is 12.3. The minimum absolute atomic E-state index is 0.105. The second-order valence-corrected chi connectivity index (χ2v) is 10.2. The molecule has 1 aliphatic carbocycles. The van der Waals surface area contributed by atoms with E-state index in [0.717, 1.165) is 11.1 Å². The molecule has 0 saturated heterocycles. The zero-order valence-electron chi connectivity index (χ0n) is 13.9. The number of rotatable bonds is 7. The molecule has 6 nitrogen and oxygen atoms in total. The summed E-state index contributed by atoms with van der Waals surface area (Å²) in [7, 11) is -7.32. The minimum Gasteiger partial charge on any atom is -0.212 e. The summed E-state index contributed by atoms with van der Waals surface area (Å²) in [5, 5.41) is 0.627. The lowest BCUT2D eigenvalue weighted by Gasteiger charge is -2.13. The van der Waals surface area contributed by atoms with Crippen molar-refractivity contribution >= 4 is 31.6 Å². The Balaban J connectivity index is 1.54. The molecule has 0 fully saturated rings. The van der Waals surface area contributed by atoms with Crippen LogP contribution in [0, 0.1) is 0 Å². The molecule has 0 bridgehead atoms. The maximum absolute atomic E-state index is 12.3. The first-order valence-electron chi connectivity index (χ1n) is 8.07. The van der Waals surface area contributed by atoms with Crippen molar-refractivity contribution in [2.75, 3.05) is 12.3 Å². The van der Waals surface area contributed by atoms with Crippen molar-refractivity contribution in [1.82, 2.24) is 9.44 Å². The number of benzene rings is 2. The average molecular weight is 415 g/mol. The Labute approximate surface area is 158 Å². The van der Waals surface area contributed by atoms with Crippen LogP contribution in [0.3, 0.4) is 0 Å². The first kappa shape index (κ1) is 19.3. The summed E-state index contributed by atoms with van der Waals surface area (Å²) >= 11 is 5.96. The molecule has 26 heavy (non-hydrogen) atoms. The van der Waals surface area contributed by atoms with E-state index < -0.39 is 20.0 Å². The highest BCUT2D eigenvalue weighted by molar-refractivity contribution is 7.90. The van der Waals surface area contributed by atoms with Gasteiger partial charge in [0.1, 0.15) is 0 Å². The minimum atomic E-state index is -3.72. The van der Waals surface area contributed by atoms with E-state index >= 15 is 0 Å². The van der Waals surface area contributed by atoms with Crippen molar-refractivity contribution in [1.29, 1.82) is 0 Å². The molecule has 2 aromatic rings. The van der Waals surface area contributed by atoms with Crippen LogP contribution in [0.5, 0.6) is 0 Å². The quantitative estimate of drug-likeness (QED) is 0.721. The summed E-state index contributed by atoms with van der Waals surface area (Å²) < 4.78 is 53.7. The largest absolute Gasteiger partial charge is 0.240 e. The molecule has 0 saturated carbocycles. The highest BCUT2D eigenvalue weighted by Gasteiger charge is 2.26. The summed E-state index contributed by atoms with van der Waals surface area (Å²) in [6, 6.07) is 13.1. The van der Waals surface area contributed by atoms with E-state index in [-0.39, 0.29) is 23.2 Å². The Morgan fingerprint density at radius 2 is 1.65 bits per heavy atom. The van der Waals surface area contributed by atoms with E-state index in [1.165, 1.54) is 12.1 Å². The smallest absolute Gasteiger partial charge is 0.212 e. The molecule has 0 aliphatic heterocycles. The molecule has 0 spiro atoms. The van der Waals surface area contributed by atoms with Crippen molar-refractivity contribution < 1.29 is 16.8 Å². The third kappa shape index (κ3) is 4.83. The fourth-order valence-electron chi connectivity index (χ4n) is 2.98. The standard InChI is InChI=1S/C17H19ClN2O4S2/c18-15-7-6-13-11-16(12-14(13)10-15)20-25(21,22)9-8-19-26(23,24)17-4-2-1-3-5-17/h1-7,10,16,19-20H,8-9,11-12H2. The Bertz CT molecular complexity index is 993. The molecule has 3 rings (SSSR count). The van der Waals surface area contributed by atoms with Gasteiger partial charge in [-0.25, -0.2) is 26.3 Å². The van der Waals surface area contributed by atoms with Crippen molar-refractivity contribution in [2.45, 2.75) is 23.8 Å². The number of sulfonamides is 2. The van der Waals surface area contributed by atoms with Gasteiger partial charge in [-0.15, -0.1) is 0 Å². The van der Waals surface area contributed by atoms with E-state index in [0.29, 0.717) is 17.9 Å². The fraction of sp³-hybridized carbons (Fsp3) is 0.294. The monoisotopic (exact) mass is 414 g/mol. The first-order chi connectivity index (χ1) is 12.3. The van der Waals surface area contributed by atoms with E-state index in [2.05, 4.69) is 9.44 Å². The fourth-order valence-corrected chi connectivity index (χ4v) is 5.52. The number of hydrogen-bond donors (Lipinski definition) is 2. The van der Waals surface area contributed by atoms with Crippen LogP contribution in [0.25, 0.3) is 0 Å². The van der Waals surface area contributed by atoms with Crippen molar-refractivity contribution in [3.8, 4) is 0 Å². The predicted octanol–water partition coefficient (Wildman–Crippen LogP) is 1.71. The summed E-state index contributed by atoms with van der Waals surface area (Å²) in [6.07, 6.45) is 1.17. The maximum Gasteiger partial charge on any atom is 0.240 e. The van der Waals surface area contributed by atoms with Crippen LogP contribution in [0.1, 0.15) is 11.1 Å². The molecule has 1 aliphatic rings. The normalized spacial score (nSPS) is 17.2. The molecule has 140 valence electrons. The summed E-state index contributed by atoms with van der Waals surface area (Å²) in [6.45, 7) is -0.196. The lowest BCUT2D eigenvalue weighted by atomic mass is 10.1. The number of fused-ring (bicyclic) bond motifs is 1. The van der Waals surface area contributed by atoms with E-state index in [1.54, 1.807) is 24.3 Å². The molecule has 0 heterocycles. The molecule has 1 atom stereocenters. The molecule has 9 heteroatoms. The molecule has 0 amide bonds. The SMILES string of the molecule is O=S(=O)(CCNS(=O)(=O)c1ccccc1)NC1Cc2ccc(Cl)cc2C1. The van der Waals surface area contributed by atoms with Gasteiger partial charge in [-0.1, -0.05) is 35.9 Å². The second kappa shape index (κ2) is 7.66. The van der Waals surface area contributed by atoms with Gasteiger partial charge in [0, 0.05) is 17.6 Å². The van der Waals surface area contributed by atoms with Crippen LogP contribution >= 0.6 is 11.6 Å². The third-order valence-electron chi connectivity index (χ3n) is 4.16. The third-order valence-corrected chi connectivity index (χ3v) is 7.31. The molecule has 0 aromatic heterocycles. The van der Waals surface area contributed by atoms with Crippen LogP contribution in [0.15, 0.2) is 53.4 Å². The van der Waals surface area contributed by atoms with Crippen LogP contribution in [-0.4, -0.2) is 35.2 Å². The van der Waals surface area contributed by atoms with Gasteiger partial charge in [0.15, 0.2) is 0 Å². The van der Waals surface area contributed by atoms with Crippen molar-refractivity contribution in [2.24, 2.45) is 0 Å². The van der Waals surface area contributed by atoms with Gasteiger partial charge in [-0.3, -0.25) is 0 Å². The first-order valence-corrected chi connectivity index (χ1v) is 11.6. The van der Waals surface area contributed by atoms with Gasteiger partial charge in [0.2, 0.25) is 20.0 Å². The summed E-state index contributed by atoms with van der Waals surface area (Å²) in [5.74, 6) is -0.327. The van der Waals surface area contributed by atoms with E-state index in [9.17, 15) is 16.8 Å². The van der Waals surface area contributed by atoms with Crippen LogP contribution in [0.2, 0.25) is 5.02 Å². The molecule has 2 aromatic carbocycles. The molecule has 1 unspecified atom stereocenters. The zero-order chi connectivity index (χ0) is 18.8. The number of hydrogen-bond acceptors (Lipinski definition) is 4.